The minimum absolute atomic E-state index is 0.999. The van der Waals surface area contributed by atoms with E-state index in [4.69, 9.17) is 5.11 Å². The van der Waals surface area contributed by atoms with Crippen molar-refractivity contribution in [2.75, 3.05) is 13.3 Å². The predicted octanol–water partition coefficient (Wildman–Crippen LogP) is 1.47. The first-order valence-electron chi connectivity index (χ1n) is 2.98. The molecule has 0 aliphatic heterocycles. The molecule has 0 atom stereocenters. The van der Waals surface area contributed by atoms with Gasteiger partial charge in [0, 0.05) is 0 Å². The van der Waals surface area contributed by atoms with Crippen LogP contribution in [0.3, 0.4) is 0 Å². The second-order valence-corrected chi connectivity index (χ2v) is 7.03. The highest BCUT2D eigenvalue weighted by molar-refractivity contribution is 7.64. The molecule has 0 saturated heterocycles. The SMILES string of the molecule is CC(C)(C(=O)O)P(C)(C)=O. The van der Waals surface area contributed by atoms with Crippen LogP contribution in [-0.4, -0.2) is 29.6 Å². The van der Waals surface area contributed by atoms with Crippen molar-refractivity contribution >= 4 is 13.1 Å². The number of hydrogen-bond donors (Lipinski definition) is 1. The summed E-state index contributed by atoms with van der Waals surface area (Å²) in [6, 6.07) is 0. The zero-order chi connectivity index (χ0) is 8.58. The van der Waals surface area contributed by atoms with E-state index in [1.54, 1.807) is 0 Å². The smallest absolute Gasteiger partial charge is 0.316 e. The van der Waals surface area contributed by atoms with Gasteiger partial charge in [-0.25, -0.2) is 0 Å². The Morgan fingerprint density at radius 3 is 1.70 bits per heavy atom. The Morgan fingerprint density at radius 1 is 1.40 bits per heavy atom. The zero-order valence-electron chi connectivity index (χ0n) is 6.71. The van der Waals surface area contributed by atoms with Crippen molar-refractivity contribution < 1.29 is 14.5 Å². The molecule has 60 valence electrons. The monoisotopic (exact) mass is 164 g/mol. The summed E-state index contributed by atoms with van der Waals surface area (Å²) in [5.41, 5.74) is 0. The normalized spacial score (nSPS) is 13.2. The molecule has 0 aromatic heterocycles. The molecule has 1 N–H and O–H groups in total. The van der Waals surface area contributed by atoms with Gasteiger partial charge in [0.25, 0.3) is 0 Å². The third-order valence-electron chi connectivity index (χ3n) is 1.87. The van der Waals surface area contributed by atoms with Crippen molar-refractivity contribution in [1.29, 1.82) is 0 Å². The summed E-state index contributed by atoms with van der Waals surface area (Å²) in [5, 5.41) is 7.51. The molecule has 0 aliphatic rings. The van der Waals surface area contributed by atoms with Crippen molar-refractivity contribution in [2.45, 2.75) is 19.0 Å². The van der Waals surface area contributed by atoms with Gasteiger partial charge < -0.3 is 9.67 Å². The third-order valence-corrected chi connectivity index (χ3v) is 4.75. The summed E-state index contributed by atoms with van der Waals surface area (Å²) < 4.78 is 11.3. The highest BCUT2D eigenvalue weighted by Crippen LogP contribution is 2.50. The van der Waals surface area contributed by atoms with E-state index < -0.39 is 18.3 Å². The Hall–Kier alpha value is -0.300. The summed E-state index contributed by atoms with van der Waals surface area (Å²) in [6.45, 7) is 5.94. The highest BCUT2D eigenvalue weighted by Gasteiger charge is 2.39. The highest BCUT2D eigenvalue weighted by atomic mass is 31.2. The molecule has 0 amide bonds. The van der Waals surface area contributed by atoms with Gasteiger partial charge >= 0.3 is 5.97 Å². The number of carbonyl (C=O) groups is 1. The molecule has 10 heavy (non-hydrogen) atoms. The average molecular weight is 164 g/mol. The third kappa shape index (κ3) is 1.60. The molecule has 3 nitrogen and oxygen atoms in total. The lowest BCUT2D eigenvalue weighted by molar-refractivity contribution is -0.139. The van der Waals surface area contributed by atoms with E-state index in [1.165, 1.54) is 27.2 Å². The van der Waals surface area contributed by atoms with Crippen LogP contribution in [-0.2, 0) is 9.36 Å². The van der Waals surface area contributed by atoms with Gasteiger partial charge in [0.2, 0.25) is 0 Å². The number of carboxylic acids is 1. The number of carboxylic acid groups (broad SMARTS) is 1. The largest absolute Gasteiger partial charge is 0.480 e. The molecule has 0 rings (SSSR count). The average Bonchev–Trinajstić information content (AvgIpc) is 1.62. The van der Waals surface area contributed by atoms with E-state index in [-0.39, 0.29) is 0 Å². The topological polar surface area (TPSA) is 54.4 Å². The maximum Gasteiger partial charge on any atom is 0.316 e. The molecule has 0 heterocycles. The fraction of sp³-hybridized carbons (Fsp3) is 0.833. The maximum absolute atomic E-state index is 11.3. The van der Waals surface area contributed by atoms with Gasteiger partial charge in [-0.15, -0.1) is 0 Å². The zero-order valence-corrected chi connectivity index (χ0v) is 7.61. The standard InChI is InChI=1S/C6H13O3P/c1-6(2,5(7)8)10(3,4)9/h1-4H3,(H,7,8). The van der Waals surface area contributed by atoms with Crippen LogP contribution in [0.25, 0.3) is 0 Å². The van der Waals surface area contributed by atoms with Crippen LogP contribution in [0.2, 0.25) is 0 Å². The molecule has 0 aromatic carbocycles. The van der Waals surface area contributed by atoms with Crippen molar-refractivity contribution in [3.63, 3.8) is 0 Å². The maximum atomic E-state index is 11.3. The number of rotatable bonds is 2. The van der Waals surface area contributed by atoms with E-state index in [9.17, 15) is 9.36 Å². The van der Waals surface area contributed by atoms with Crippen LogP contribution in [0.4, 0.5) is 0 Å². The van der Waals surface area contributed by atoms with E-state index >= 15 is 0 Å². The van der Waals surface area contributed by atoms with Crippen LogP contribution in [0.5, 0.6) is 0 Å². The predicted molar refractivity (Wildman–Crippen MR) is 41.2 cm³/mol. The van der Waals surface area contributed by atoms with Crippen molar-refractivity contribution in [3.8, 4) is 0 Å². The van der Waals surface area contributed by atoms with Crippen LogP contribution < -0.4 is 0 Å². The Bertz CT molecular complexity index is 189. The lowest BCUT2D eigenvalue weighted by atomic mass is 10.2. The summed E-state index contributed by atoms with van der Waals surface area (Å²) in [4.78, 5) is 10.5. The number of hydrogen-bond acceptors (Lipinski definition) is 2. The summed E-state index contributed by atoms with van der Waals surface area (Å²) >= 11 is 0. The van der Waals surface area contributed by atoms with Crippen molar-refractivity contribution in [3.05, 3.63) is 0 Å². The summed E-state index contributed by atoms with van der Waals surface area (Å²) in [6.07, 6.45) is 0. The van der Waals surface area contributed by atoms with Crippen LogP contribution in [0, 0.1) is 0 Å². The molecule has 0 saturated carbocycles. The van der Waals surface area contributed by atoms with Crippen LogP contribution in [0.15, 0.2) is 0 Å². The summed E-state index contributed by atoms with van der Waals surface area (Å²) in [7, 11) is -2.52. The van der Waals surface area contributed by atoms with Gasteiger partial charge in [-0.2, -0.15) is 0 Å². The molecule has 4 heteroatoms. The van der Waals surface area contributed by atoms with Crippen molar-refractivity contribution in [2.24, 2.45) is 0 Å². The van der Waals surface area contributed by atoms with Crippen molar-refractivity contribution in [1.82, 2.24) is 0 Å². The van der Waals surface area contributed by atoms with E-state index in [1.807, 2.05) is 0 Å². The van der Waals surface area contributed by atoms with Crippen LogP contribution in [0.1, 0.15) is 13.8 Å². The van der Waals surface area contributed by atoms with E-state index in [2.05, 4.69) is 0 Å². The first-order valence-corrected chi connectivity index (χ1v) is 5.58. The quantitative estimate of drug-likeness (QED) is 0.629. The Kier molecular flexibility index (Phi) is 2.32. The fourth-order valence-electron chi connectivity index (χ4n) is 0.230. The minimum Gasteiger partial charge on any atom is -0.480 e. The van der Waals surface area contributed by atoms with Gasteiger partial charge in [-0.1, -0.05) is 0 Å². The molecular formula is C6H13O3P. The lowest BCUT2D eigenvalue weighted by Crippen LogP contribution is -2.30. The summed E-state index contributed by atoms with van der Waals surface area (Å²) in [5.74, 6) is -0.999. The molecule has 0 radical (unpaired) electrons. The van der Waals surface area contributed by atoms with Crippen LogP contribution >= 0.6 is 7.14 Å². The van der Waals surface area contributed by atoms with E-state index in [0.717, 1.165) is 0 Å². The molecule has 0 fully saturated rings. The Balaban J connectivity index is 4.75. The lowest BCUT2D eigenvalue weighted by Gasteiger charge is -2.23. The molecule has 0 bridgehead atoms. The fourth-order valence-corrected chi connectivity index (χ4v) is 0.691. The Morgan fingerprint density at radius 2 is 1.70 bits per heavy atom. The van der Waals surface area contributed by atoms with E-state index in [0.29, 0.717) is 0 Å². The van der Waals surface area contributed by atoms with Gasteiger partial charge in [-0.3, -0.25) is 4.79 Å². The number of aliphatic carboxylic acids is 1. The minimum atomic E-state index is -2.52. The van der Waals surface area contributed by atoms with Gasteiger partial charge in [0.1, 0.15) is 5.16 Å². The van der Waals surface area contributed by atoms with Gasteiger partial charge in [0.15, 0.2) is 0 Å². The second-order valence-electron chi connectivity index (χ2n) is 3.22. The Labute approximate surface area is 60.8 Å². The molecule has 0 aliphatic carbocycles. The molecule has 0 aromatic rings. The second kappa shape index (κ2) is 2.39. The molecular weight excluding hydrogens is 151 g/mol. The molecule has 0 unspecified atom stereocenters. The van der Waals surface area contributed by atoms with Gasteiger partial charge in [-0.05, 0) is 27.2 Å². The molecule has 0 spiro atoms. The first-order chi connectivity index (χ1) is 4.19. The van der Waals surface area contributed by atoms with Gasteiger partial charge in [0.05, 0.1) is 7.14 Å². The first kappa shape index (κ1) is 9.70.